The Labute approximate surface area is 256 Å². The summed E-state index contributed by atoms with van der Waals surface area (Å²) in [6, 6.07) is 29.4. The minimum atomic E-state index is -4.00. The number of carbonyl (C=O) groups is 2. The van der Waals surface area contributed by atoms with Crippen LogP contribution in [0.1, 0.15) is 45.9 Å². The van der Waals surface area contributed by atoms with Crippen molar-refractivity contribution in [3.8, 4) is 0 Å². The molecule has 9 heteroatoms. The summed E-state index contributed by atoms with van der Waals surface area (Å²) in [7, 11) is -2.44. The van der Waals surface area contributed by atoms with E-state index in [0.29, 0.717) is 33.3 Å². The topological polar surface area (TPSA) is 97.7 Å². The van der Waals surface area contributed by atoms with Crippen LogP contribution in [0, 0.1) is 0 Å². The number of hydrogen-bond acceptors (Lipinski definition) is 5. The van der Waals surface area contributed by atoms with Crippen molar-refractivity contribution in [2.24, 2.45) is 0 Å². The highest BCUT2D eigenvalue weighted by Crippen LogP contribution is 2.46. The summed E-state index contributed by atoms with van der Waals surface area (Å²) in [4.78, 5) is 30.2. The molecule has 1 N–H and O–H groups in total. The maximum absolute atomic E-state index is 14.4. The third-order valence-electron chi connectivity index (χ3n) is 8.21. The van der Waals surface area contributed by atoms with Crippen LogP contribution in [-0.4, -0.2) is 49.4 Å². The van der Waals surface area contributed by atoms with Crippen LogP contribution in [0.5, 0.6) is 0 Å². The van der Waals surface area contributed by atoms with E-state index in [1.807, 2.05) is 42.5 Å². The number of fused-ring (bicyclic) bond motifs is 2. The normalized spacial score (nSPS) is 16.6. The lowest BCUT2D eigenvalue weighted by molar-refractivity contribution is -0.119. The zero-order valence-corrected chi connectivity index (χ0v) is 25.3. The van der Waals surface area contributed by atoms with Crippen LogP contribution in [0.15, 0.2) is 114 Å². The van der Waals surface area contributed by atoms with Gasteiger partial charge < -0.3 is 15.0 Å². The number of methoxy groups -OCH3 is 1. The zero-order chi connectivity index (χ0) is 30.8. The molecule has 0 saturated carbocycles. The number of nitrogens with one attached hydrogen (secondary N) is 1. The highest BCUT2D eigenvalue weighted by atomic mass is 32.2. The van der Waals surface area contributed by atoms with Crippen molar-refractivity contribution in [3.63, 3.8) is 0 Å². The van der Waals surface area contributed by atoms with Crippen molar-refractivity contribution in [1.29, 1.82) is 0 Å². The highest BCUT2D eigenvalue weighted by molar-refractivity contribution is 7.90. The maximum Gasteiger partial charge on any atom is 0.268 e. The summed E-state index contributed by atoms with van der Waals surface area (Å²) in [5, 5.41) is 3.71. The van der Waals surface area contributed by atoms with E-state index in [1.54, 1.807) is 78.9 Å². The van der Waals surface area contributed by atoms with E-state index in [0.717, 1.165) is 12.0 Å². The van der Waals surface area contributed by atoms with Gasteiger partial charge in [0.15, 0.2) is 0 Å². The van der Waals surface area contributed by atoms with Crippen molar-refractivity contribution in [3.05, 3.63) is 132 Å². The number of aromatic nitrogens is 1. The fraction of sp³-hybridized carbons (Fsp3) is 0.200. The van der Waals surface area contributed by atoms with E-state index in [-0.39, 0.29) is 29.9 Å². The SMILES string of the molecule is CCc1ccc(NC(=O)[C@H]2c3ccccc3C(=O)N(CCOC)[C@H]2c2cn(S(=O)(=O)c3ccccc3)c3ccccc23)cc1. The van der Waals surface area contributed by atoms with Crippen molar-refractivity contribution in [1.82, 2.24) is 8.87 Å². The lowest BCUT2D eigenvalue weighted by Gasteiger charge is -2.41. The molecule has 0 radical (unpaired) electrons. The molecule has 2 heterocycles. The van der Waals surface area contributed by atoms with Gasteiger partial charge in [-0.25, -0.2) is 12.4 Å². The van der Waals surface area contributed by atoms with E-state index in [2.05, 4.69) is 12.2 Å². The molecule has 0 unspecified atom stereocenters. The first-order chi connectivity index (χ1) is 21.3. The van der Waals surface area contributed by atoms with E-state index in [9.17, 15) is 18.0 Å². The number of nitrogens with zero attached hydrogens (tertiary/aromatic N) is 2. The fourth-order valence-corrected chi connectivity index (χ4v) is 7.41. The predicted octanol–water partition coefficient (Wildman–Crippen LogP) is 6.01. The average molecular weight is 608 g/mol. The molecule has 0 fully saturated rings. The number of anilines is 1. The van der Waals surface area contributed by atoms with Gasteiger partial charge in [-0.2, -0.15) is 0 Å². The van der Waals surface area contributed by atoms with Gasteiger partial charge in [0, 0.05) is 42.1 Å². The molecule has 0 aliphatic carbocycles. The van der Waals surface area contributed by atoms with Crippen LogP contribution in [0.4, 0.5) is 5.69 Å². The lowest BCUT2D eigenvalue weighted by atomic mass is 9.79. The summed E-state index contributed by atoms with van der Waals surface area (Å²) in [5.74, 6) is -1.39. The number of aryl methyl sites for hydroxylation is 1. The number of carbonyl (C=O) groups excluding carboxylic acids is 2. The van der Waals surface area contributed by atoms with Gasteiger partial charge in [-0.15, -0.1) is 0 Å². The Morgan fingerprint density at radius 2 is 1.55 bits per heavy atom. The Morgan fingerprint density at radius 1 is 0.864 bits per heavy atom. The van der Waals surface area contributed by atoms with Crippen LogP contribution >= 0.6 is 0 Å². The van der Waals surface area contributed by atoms with Gasteiger partial charge >= 0.3 is 0 Å². The van der Waals surface area contributed by atoms with Crippen molar-refractivity contribution < 1.29 is 22.7 Å². The van der Waals surface area contributed by atoms with E-state index < -0.39 is 22.0 Å². The van der Waals surface area contributed by atoms with Gasteiger partial charge in [-0.3, -0.25) is 9.59 Å². The second kappa shape index (κ2) is 12.1. The van der Waals surface area contributed by atoms with Gasteiger partial charge in [-0.05, 0) is 53.9 Å². The molecule has 6 rings (SSSR count). The fourth-order valence-electron chi connectivity index (χ4n) is 6.02. The van der Waals surface area contributed by atoms with E-state index in [1.165, 1.54) is 3.97 Å². The minimum absolute atomic E-state index is 0.137. The van der Waals surface area contributed by atoms with Crippen molar-refractivity contribution >= 4 is 38.4 Å². The molecule has 0 bridgehead atoms. The van der Waals surface area contributed by atoms with Crippen molar-refractivity contribution in [2.75, 3.05) is 25.6 Å². The second-order valence-corrected chi connectivity index (χ2v) is 12.6. The smallest absolute Gasteiger partial charge is 0.268 e. The number of rotatable bonds is 9. The molecule has 1 aliphatic rings. The minimum Gasteiger partial charge on any atom is -0.383 e. The van der Waals surface area contributed by atoms with Gasteiger partial charge in [0.25, 0.3) is 15.9 Å². The number of para-hydroxylation sites is 1. The third kappa shape index (κ3) is 5.18. The molecule has 44 heavy (non-hydrogen) atoms. The zero-order valence-electron chi connectivity index (χ0n) is 24.5. The molecule has 5 aromatic rings. The second-order valence-electron chi connectivity index (χ2n) is 10.8. The molecule has 2 amide bonds. The highest BCUT2D eigenvalue weighted by Gasteiger charge is 2.45. The first-order valence-electron chi connectivity index (χ1n) is 14.5. The molecular formula is C35H33N3O5S. The molecule has 1 aliphatic heterocycles. The van der Waals surface area contributed by atoms with Crippen LogP contribution in [0.3, 0.4) is 0 Å². The van der Waals surface area contributed by atoms with Crippen LogP contribution in [0.2, 0.25) is 0 Å². The lowest BCUT2D eigenvalue weighted by Crippen LogP contribution is -2.47. The van der Waals surface area contributed by atoms with Gasteiger partial charge in [0.1, 0.15) is 0 Å². The van der Waals surface area contributed by atoms with Gasteiger partial charge in [0.2, 0.25) is 5.91 Å². The number of hydrogen-bond donors (Lipinski definition) is 1. The Morgan fingerprint density at radius 3 is 2.27 bits per heavy atom. The number of ether oxygens (including phenoxy) is 1. The Bertz CT molecular complexity index is 1930. The van der Waals surface area contributed by atoms with Crippen LogP contribution in [0.25, 0.3) is 10.9 Å². The van der Waals surface area contributed by atoms with Crippen molar-refractivity contribution in [2.45, 2.75) is 30.2 Å². The Hall–Kier alpha value is -4.73. The number of benzene rings is 4. The predicted molar refractivity (Wildman–Crippen MR) is 170 cm³/mol. The molecule has 0 saturated heterocycles. The largest absolute Gasteiger partial charge is 0.383 e. The molecule has 8 nitrogen and oxygen atoms in total. The van der Waals surface area contributed by atoms with Gasteiger partial charge in [-0.1, -0.05) is 73.7 Å². The quantitative estimate of drug-likeness (QED) is 0.222. The Kier molecular flexibility index (Phi) is 8.07. The summed E-state index contributed by atoms with van der Waals surface area (Å²) >= 11 is 0. The maximum atomic E-state index is 14.4. The summed E-state index contributed by atoms with van der Waals surface area (Å²) in [6.45, 7) is 2.50. The molecule has 4 aromatic carbocycles. The molecule has 1 aromatic heterocycles. The van der Waals surface area contributed by atoms with Crippen LogP contribution < -0.4 is 5.32 Å². The molecule has 224 valence electrons. The molecular weight excluding hydrogens is 574 g/mol. The standard InChI is InChI=1S/C35H33N3O5S/c1-3-24-17-19-25(20-18-24)36-34(39)32-28-14-7-8-15-29(28)35(40)37(21-22-43-2)33(32)30-23-38(31-16-10-9-13-27(30)31)44(41,42)26-11-5-4-6-12-26/h4-20,23,32-33H,3,21-22H2,1-2H3,(H,36,39)/t32-,33-/m0/s1. The first kappa shape index (κ1) is 29.3. The monoisotopic (exact) mass is 607 g/mol. The summed E-state index contributed by atoms with van der Waals surface area (Å²) in [5.41, 5.74) is 3.81. The van der Waals surface area contributed by atoms with Gasteiger partial charge in [0.05, 0.1) is 29.0 Å². The first-order valence-corrected chi connectivity index (χ1v) is 16.0. The molecule has 0 spiro atoms. The number of amides is 2. The van der Waals surface area contributed by atoms with E-state index >= 15 is 0 Å². The van der Waals surface area contributed by atoms with E-state index in [4.69, 9.17) is 4.74 Å². The summed E-state index contributed by atoms with van der Waals surface area (Å²) in [6.07, 6.45) is 2.44. The summed E-state index contributed by atoms with van der Waals surface area (Å²) < 4.78 is 34.5. The van der Waals surface area contributed by atoms with Crippen LogP contribution in [-0.2, 0) is 26.0 Å². The average Bonchev–Trinajstić information content (AvgIpc) is 3.45. The molecule has 2 atom stereocenters. The Balaban J connectivity index is 1.56. The third-order valence-corrected chi connectivity index (χ3v) is 9.90.